The smallest absolute Gasteiger partial charge is 0.279 e. The third kappa shape index (κ3) is 2.45. The predicted octanol–water partition coefficient (Wildman–Crippen LogP) is 2.24. The van der Waals surface area contributed by atoms with Gasteiger partial charge in [-0.3, -0.25) is 4.79 Å². The maximum Gasteiger partial charge on any atom is 0.279 e. The van der Waals surface area contributed by atoms with E-state index in [2.05, 4.69) is 56.8 Å². The first kappa shape index (κ1) is 11.2. The number of nitrogens with zero attached hydrogens (tertiary/aromatic N) is 3. The summed E-state index contributed by atoms with van der Waals surface area (Å²) < 4.78 is 5.55. The van der Waals surface area contributed by atoms with Gasteiger partial charge >= 0.3 is 0 Å². The first-order valence-corrected chi connectivity index (χ1v) is 5.65. The number of carbonyl (C=O) groups excluding carboxylic acids is 1. The summed E-state index contributed by atoms with van der Waals surface area (Å²) in [6.07, 6.45) is 2.79. The van der Waals surface area contributed by atoms with Crippen LogP contribution in [0, 0.1) is 0 Å². The van der Waals surface area contributed by atoms with Crippen LogP contribution in [-0.2, 0) is 0 Å². The fourth-order valence-corrected chi connectivity index (χ4v) is 1.84. The lowest BCUT2D eigenvalue weighted by Crippen LogP contribution is -2.14. The molecule has 0 aliphatic heterocycles. The van der Waals surface area contributed by atoms with Gasteiger partial charge in [0.05, 0.1) is 6.20 Å². The first-order valence-electron chi connectivity index (χ1n) is 4.06. The molecule has 16 heavy (non-hydrogen) atoms. The maximum atomic E-state index is 11.6. The van der Waals surface area contributed by atoms with Crippen LogP contribution in [0.3, 0.4) is 0 Å². The van der Waals surface area contributed by atoms with E-state index in [1.165, 1.54) is 18.5 Å². The fraction of sp³-hybridized carbons (Fsp3) is 0. The van der Waals surface area contributed by atoms with Crippen molar-refractivity contribution in [2.24, 2.45) is 0 Å². The number of hydrogen-bond acceptors (Lipinski definition) is 5. The van der Waals surface area contributed by atoms with Crippen LogP contribution in [0.15, 0.2) is 32.3 Å². The van der Waals surface area contributed by atoms with Crippen molar-refractivity contribution in [2.45, 2.75) is 0 Å². The van der Waals surface area contributed by atoms with E-state index in [1.807, 2.05) is 0 Å². The fourth-order valence-electron chi connectivity index (χ4n) is 0.932. The zero-order valence-corrected chi connectivity index (χ0v) is 10.8. The highest BCUT2D eigenvalue weighted by Crippen LogP contribution is 2.19. The van der Waals surface area contributed by atoms with Crippen LogP contribution < -0.4 is 5.32 Å². The van der Waals surface area contributed by atoms with Gasteiger partial charge in [0.2, 0.25) is 0 Å². The van der Waals surface area contributed by atoms with Gasteiger partial charge in [-0.25, -0.2) is 9.97 Å². The molecule has 0 atom stereocenters. The third-order valence-corrected chi connectivity index (χ3v) is 2.54. The molecular formula is C8H4Br2N4O2. The molecule has 0 unspecified atom stereocenters. The number of rotatable bonds is 2. The molecule has 6 nitrogen and oxygen atoms in total. The zero-order chi connectivity index (χ0) is 11.5. The third-order valence-electron chi connectivity index (χ3n) is 1.60. The van der Waals surface area contributed by atoms with Gasteiger partial charge in [0.15, 0.2) is 11.5 Å². The Balaban J connectivity index is 2.18. The van der Waals surface area contributed by atoms with Crippen molar-refractivity contribution >= 4 is 43.6 Å². The Bertz CT molecular complexity index is 515. The molecule has 1 amide bonds. The summed E-state index contributed by atoms with van der Waals surface area (Å²) in [6, 6.07) is 1.45. The second-order valence-corrected chi connectivity index (χ2v) is 4.23. The largest absolute Gasteiger partial charge is 0.364 e. The molecule has 0 fully saturated rings. The summed E-state index contributed by atoms with van der Waals surface area (Å²) in [5.41, 5.74) is 0.177. The molecule has 0 bridgehead atoms. The van der Waals surface area contributed by atoms with Crippen LogP contribution in [-0.4, -0.2) is 21.0 Å². The number of nitrogens with one attached hydrogen (secondary N) is 1. The van der Waals surface area contributed by atoms with Crippen LogP contribution in [0.5, 0.6) is 0 Å². The highest BCUT2D eigenvalue weighted by atomic mass is 79.9. The Hall–Kier alpha value is -1.28. The lowest BCUT2D eigenvalue weighted by atomic mass is 10.4. The minimum atomic E-state index is -0.411. The molecule has 2 rings (SSSR count). The standard InChI is InChI=1S/C8H4Br2N4O2/c9-5-3-11-7(6(10)12-5)13-8(15)4-1-2-16-14-4/h1-3H,(H,11,13,15). The Morgan fingerprint density at radius 2 is 2.25 bits per heavy atom. The van der Waals surface area contributed by atoms with Gasteiger partial charge < -0.3 is 9.84 Å². The molecule has 0 radical (unpaired) electrons. The van der Waals surface area contributed by atoms with E-state index >= 15 is 0 Å². The molecule has 2 aromatic heterocycles. The highest BCUT2D eigenvalue weighted by Gasteiger charge is 2.12. The summed E-state index contributed by atoms with van der Waals surface area (Å²) in [6.45, 7) is 0. The molecule has 1 N–H and O–H groups in total. The lowest BCUT2D eigenvalue weighted by Gasteiger charge is -2.03. The highest BCUT2D eigenvalue weighted by molar-refractivity contribution is 9.11. The monoisotopic (exact) mass is 346 g/mol. The molecular weight excluding hydrogens is 344 g/mol. The Morgan fingerprint density at radius 3 is 2.88 bits per heavy atom. The Labute approximate surface area is 107 Å². The quantitative estimate of drug-likeness (QED) is 0.901. The second-order valence-electron chi connectivity index (χ2n) is 2.67. The van der Waals surface area contributed by atoms with Crippen LogP contribution in [0.25, 0.3) is 0 Å². The molecule has 2 heterocycles. The van der Waals surface area contributed by atoms with E-state index in [-0.39, 0.29) is 5.69 Å². The van der Waals surface area contributed by atoms with Crippen molar-refractivity contribution in [1.29, 1.82) is 0 Å². The van der Waals surface area contributed by atoms with Gasteiger partial charge in [-0.15, -0.1) is 0 Å². The van der Waals surface area contributed by atoms with Crippen LogP contribution in [0.4, 0.5) is 5.82 Å². The van der Waals surface area contributed by atoms with Gasteiger partial charge in [0, 0.05) is 6.07 Å². The minimum absolute atomic E-state index is 0.177. The summed E-state index contributed by atoms with van der Waals surface area (Å²) in [5, 5.41) is 6.04. The van der Waals surface area contributed by atoms with Gasteiger partial charge in [-0.1, -0.05) is 5.16 Å². The van der Waals surface area contributed by atoms with E-state index in [0.29, 0.717) is 15.0 Å². The van der Waals surface area contributed by atoms with Gasteiger partial charge in [-0.2, -0.15) is 0 Å². The number of amides is 1. The van der Waals surface area contributed by atoms with Crippen molar-refractivity contribution in [1.82, 2.24) is 15.1 Å². The van der Waals surface area contributed by atoms with E-state index in [9.17, 15) is 4.79 Å². The van der Waals surface area contributed by atoms with Crippen LogP contribution in [0.1, 0.15) is 10.5 Å². The van der Waals surface area contributed by atoms with E-state index in [1.54, 1.807) is 0 Å². The minimum Gasteiger partial charge on any atom is -0.364 e. The summed E-state index contributed by atoms with van der Waals surface area (Å²) in [7, 11) is 0. The predicted molar refractivity (Wildman–Crippen MR) is 61.9 cm³/mol. The first-order chi connectivity index (χ1) is 7.66. The number of aromatic nitrogens is 3. The van der Waals surface area contributed by atoms with E-state index < -0.39 is 5.91 Å². The van der Waals surface area contributed by atoms with E-state index in [0.717, 1.165) is 0 Å². The average Bonchev–Trinajstić information content (AvgIpc) is 2.75. The number of hydrogen-bond donors (Lipinski definition) is 1. The zero-order valence-electron chi connectivity index (χ0n) is 7.65. The van der Waals surface area contributed by atoms with E-state index in [4.69, 9.17) is 0 Å². The Kier molecular flexibility index (Phi) is 3.30. The number of anilines is 1. The summed E-state index contributed by atoms with van der Waals surface area (Å²) >= 11 is 6.33. The lowest BCUT2D eigenvalue weighted by molar-refractivity contribution is 0.101. The summed E-state index contributed by atoms with van der Waals surface area (Å²) in [5.74, 6) is -0.0951. The molecule has 8 heteroatoms. The average molecular weight is 348 g/mol. The van der Waals surface area contributed by atoms with Gasteiger partial charge in [0.1, 0.15) is 15.5 Å². The van der Waals surface area contributed by atoms with Crippen molar-refractivity contribution in [3.8, 4) is 0 Å². The molecule has 0 saturated carbocycles. The molecule has 0 saturated heterocycles. The van der Waals surface area contributed by atoms with Gasteiger partial charge in [-0.05, 0) is 31.9 Å². The van der Waals surface area contributed by atoms with Crippen molar-refractivity contribution in [3.63, 3.8) is 0 Å². The van der Waals surface area contributed by atoms with Crippen LogP contribution in [0.2, 0.25) is 0 Å². The molecule has 0 aliphatic rings. The van der Waals surface area contributed by atoms with Crippen molar-refractivity contribution in [2.75, 3.05) is 5.32 Å². The van der Waals surface area contributed by atoms with Crippen molar-refractivity contribution in [3.05, 3.63) is 33.4 Å². The summed E-state index contributed by atoms with van der Waals surface area (Å²) in [4.78, 5) is 19.6. The molecule has 0 aromatic carbocycles. The maximum absolute atomic E-state index is 11.6. The molecule has 82 valence electrons. The molecule has 0 spiro atoms. The topological polar surface area (TPSA) is 80.9 Å². The second kappa shape index (κ2) is 4.71. The van der Waals surface area contributed by atoms with Crippen molar-refractivity contribution < 1.29 is 9.32 Å². The van der Waals surface area contributed by atoms with Gasteiger partial charge in [0.25, 0.3) is 5.91 Å². The number of halogens is 2. The molecule has 0 aliphatic carbocycles. The Morgan fingerprint density at radius 1 is 1.44 bits per heavy atom. The molecule has 2 aromatic rings. The SMILES string of the molecule is O=C(Nc1ncc(Br)nc1Br)c1ccon1. The van der Waals surface area contributed by atoms with Crippen LogP contribution >= 0.6 is 31.9 Å². The number of carbonyl (C=O) groups is 1. The normalized spacial score (nSPS) is 10.1.